The number of amides is 2. The number of carbonyl (C=O) groups is 2. The van der Waals surface area contributed by atoms with Crippen molar-refractivity contribution in [2.24, 2.45) is 0 Å². The number of rotatable bonds is 4. The Morgan fingerprint density at radius 3 is 2.50 bits per heavy atom. The second-order valence-electron chi connectivity index (χ2n) is 4.73. The topological polar surface area (TPSA) is 58.2 Å². The second-order valence-corrected chi connectivity index (χ2v) is 5.54. The van der Waals surface area contributed by atoms with Gasteiger partial charge in [-0.25, -0.2) is 0 Å². The highest BCUT2D eigenvalue weighted by molar-refractivity contribution is 6.42. The number of hydrogen-bond donors (Lipinski definition) is 2. The summed E-state index contributed by atoms with van der Waals surface area (Å²) in [7, 11) is 0. The third-order valence-corrected chi connectivity index (χ3v) is 3.63. The van der Waals surface area contributed by atoms with Crippen molar-refractivity contribution >= 4 is 40.7 Å². The van der Waals surface area contributed by atoms with Gasteiger partial charge in [-0.2, -0.15) is 0 Å². The fourth-order valence-electron chi connectivity index (χ4n) is 1.83. The van der Waals surface area contributed by atoms with E-state index in [1.807, 2.05) is 13.0 Å². The van der Waals surface area contributed by atoms with E-state index >= 15 is 0 Å². The van der Waals surface area contributed by atoms with Crippen LogP contribution in [0, 0.1) is 6.92 Å². The smallest absolute Gasteiger partial charge is 0.251 e. The fraction of sp³-hybridized carbons (Fsp3) is 0.125. The zero-order valence-electron chi connectivity index (χ0n) is 11.8. The van der Waals surface area contributed by atoms with Crippen molar-refractivity contribution in [2.75, 3.05) is 11.9 Å². The molecular weight excluding hydrogens is 323 g/mol. The van der Waals surface area contributed by atoms with Crippen LogP contribution in [-0.4, -0.2) is 18.4 Å². The molecule has 2 N–H and O–H groups in total. The maximum atomic E-state index is 11.9. The lowest BCUT2D eigenvalue weighted by Gasteiger charge is -2.08. The van der Waals surface area contributed by atoms with Crippen LogP contribution < -0.4 is 10.6 Å². The lowest BCUT2D eigenvalue weighted by atomic mass is 10.1. The average molecular weight is 337 g/mol. The molecule has 6 heteroatoms. The Labute approximate surface area is 138 Å². The van der Waals surface area contributed by atoms with E-state index in [1.54, 1.807) is 36.4 Å². The summed E-state index contributed by atoms with van der Waals surface area (Å²) in [6, 6.07) is 11.9. The van der Waals surface area contributed by atoms with Crippen LogP contribution in [0.1, 0.15) is 15.9 Å². The molecule has 0 saturated heterocycles. The quantitative estimate of drug-likeness (QED) is 0.894. The molecule has 0 unspecified atom stereocenters. The first-order chi connectivity index (χ1) is 10.5. The van der Waals surface area contributed by atoms with Crippen LogP contribution in [0.15, 0.2) is 42.5 Å². The normalized spacial score (nSPS) is 10.1. The Hall–Kier alpha value is -2.04. The SMILES string of the molecule is Cc1cccc(C(=O)NCC(=O)Nc2ccc(Cl)c(Cl)c2)c1. The van der Waals surface area contributed by atoms with Gasteiger partial charge in [0.05, 0.1) is 16.6 Å². The zero-order valence-corrected chi connectivity index (χ0v) is 13.3. The predicted octanol–water partition coefficient (Wildman–Crippen LogP) is 3.67. The van der Waals surface area contributed by atoms with Gasteiger partial charge in [-0.15, -0.1) is 0 Å². The minimum absolute atomic E-state index is 0.132. The first kappa shape index (κ1) is 16.3. The number of nitrogens with one attached hydrogen (secondary N) is 2. The van der Waals surface area contributed by atoms with Gasteiger partial charge in [0.2, 0.25) is 5.91 Å². The minimum atomic E-state index is -0.348. The highest BCUT2D eigenvalue weighted by atomic mass is 35.5. The summed E-state index contributed by atoms with van der Waals surface area (Å²) in [4.78, 5) is 23.7. The number of halogens is 2. The Bertz CT molecular complexity index is 717. The zero-order chi connectivity index (χ0) is 16.1. The maximum absolute atomic E-state index is 11.9. The number of benzene rings is 2. The number of carbonyl (C=O) groups excluding carboxylic acids is 2. The van der Waals surface area contributed by atoms with E-state index in [-0.39, 0.29) is 18.4 Å². The van der Waals surface area contributed by atoms with Gasteiger partial charge >= 0.3 is 0 Å². The molecule has 4 nitrogen and oxygen atoms in total. The lowest BCUT2D eigenvalue weighted by Crippen LogP contribution is -2.32. The van der Waals surface area contributed by atoms with Crippen molar-refractivity contribution in [1.82, 2.24) is 5.32 Å². The molecule has 22 heavy (non-hydrogen) atoms. The first-order valence-corrected chi connectivity index (χ1v) is 7.31. The van der Waals surface area contributed by atoms with Gasteiger partial charge in [0.15, 0.2) is 0 Å². The molecule has 0 aliphatic carbocycles. The molecule has 0 bridgehead atoms. The number of aryl methyl sites for hydroxylation is 1. The summed E-state index contributed by atoms with van der Waals surface area (Å²) in [6.45, 7) is 1.76. The maximum Gasteiger partial charge on any atom is 0.251 e. The summed E-state index contributed by atoms with van der Waals surface area (Å²) in [6.07, 6.45) is 0. The van der Waals surface area contributed by atoms with Crippen LogP contribution in [0.25, 0.3) is 0 Å². The van der Waals surface area contributed by atoms with Crippen LogP contribution in [0.3, 0.4) is 0 Å². The van der Waals surface area contributed by atoms with Crippen molar-refractivity contribution in [3.63, 3.8) is 0 Å². The Morgan fingerprint density at radius 1 is 1.05 bits per heavy atom. The van der Waals surface area contributed by atoms with Gasteiger partial charge in [-0.05, 0) is 37.3 Å². The molecule has 0 fully saturated rings. The molecule has 0 aliphatic heterocycles. The van der Waals surface area contributed by atoms with E-state index in [0.717, 1.165) is 5.56 Å². The van der Waals surface area contributed by atoms with Crippen molar-refractivity contribution in [2.45, 2.75) is 6.92 Å². The summed E-state index contributed by atoms with van der Waals surface area (Å²) in [5, 5.41) is 5.95. The molecule has 0 aliphatic rings. The van der Waals surface area contributed by atoms with Gasteiger partial charge in [-0.1, -0.05) is 40.9 Å². The molecule has 0 spiro atoms. The van der Waals surface area contributed by atoms with E-state index in [4.69, 9.17) is 23.2 Å². The summed E-state index contributed by atoms with van der Waals surface area (Å²) >= 11 is 11.7. The van der Waals surface area contributed by atoms with Crippen LogP contribution in [0.4, 0.5) is 5.69 Å². The van der Waals surface area contributed by atoms with Crippen LogP contribution >= 0.6 is 23.2 Å². The molecule has 114 valence electrons. The lowest BCUT2D eigenvalue weighted by molar-refractivity contribution is -0.115. The largest absolute Gasteiger partial charge is 0.343 e. The third-order valence-electron chi connectivity index (χ3n) is 2.89. The Morgan fingerprint density at radius 2 is 1.82 bits per heavy atom. The van der Waals surface area contributed by atoms with Gasteiger partial charge in [-0.3, -0.25) is 9.59 Å². The number of hydrogen-bond acceptors (Lipinski definition) is 2. The van der Waals surface area contributed by atoms with E-state index in [2.05, 4.69) is 10.6 Å². The average Bonchev–Trinajstić information content (AvgIpc) is 2.48. The van der Waals surface area contributed by atoms with Crippen LogP contribution in [0.2, 0.25) is 10.0 Å². The molecule has 2 aromatic carbocycles. The van der Waals surface area contributed by atoms with E-state index in [1.165, 1.54) is 0 Å². The molecule has 2 amide bonds. The minimum Gasteiger partial charge on any atom is -0.343 e. The fourth-order valence-corrected chi connectivity index (χ4v) is 2.13. The molecular formula is C16H14Cl2N2O2. The second kappa shape index (κ2) is 7.29. The van der Waals surface area contributed by atoms with Crippen molar-refractivity contribution in [1.29, 1.82) is 0 Å². The van der Waals surface area contributed by atoms with E-state index in [9.17, 15) is 9.59 Å². The van der Waals surface area contributed by atoms with E-state index < -0.39 is 0 Å². The van der Waals surface area contributed by atoms with Gasteiger partial charge in [0, 0.05) is 11.3 Å². The highest BCUT2D eigenvalue weighted by Crippen LogP contribution is 2.24. The summed E-state index contributed by atoms with van der Waals surface area (Å²) < 4.78 is 0. The van der Waals surface area contributed by atoms with Gasteiger partial charge < -0.3 is 10.6 Å². The molecule has 0 saturated carbocycles. The predicted molar refractivity (Wildman–Crippen MR) is 88.6 cm³/mol. The van der Waals surface area contributed by atoms with Crippen LogP contribution in [0.5, 0.6) is 0 Å². The Balaban J connectivity index is 1.90. The molecule has 0 radical (unpaired) electrons. The van der Waals surface area contributed by atoms with Crippen molar-refractivity contribution in [3.8, 4) is 0 Å². The molecule has 0 atom stereocenters. The van der Waals surface area contributed by atoms with E-state index in [0.29, 0.717) is 21.3 Å². The molecule has 2 aromatic rings. The van der Waals surface area contributed by atoms with Gasteiger partial charge in [0.25, 0.3) is 5.91 Å². The molecule has 0 heterocycles. The van der Waals surface area contributed by atoms with Gasteiger partial charge in [0.1, 0.15) is 0 Å². The summed E-state index contributed by atoms with van der Waals surface area (Å²) in [5.41, 5.74) is 2.01. The molecule has 0 aromatic heterocycles. The summed E-state index contributed by atoms with van der Waals surface area (Å²) in [5.74, 6) is -0.646. The highest BCUT2D eigenvalue weighted by Gasteiger charge is 2.09. The molecule has 2 rings (SSSR count). The van der Waals surface area contributed by atoms with Crippen molar-refractivity contribution in [3.05, 3.63) is 63.6 Å². The monoisotopic (exact) mass is 336 g/mol. The third kappa shape index (κ3) is 4.48. The number of anilines is 1. The standard InChI is InChI=1S/C16H14Cl2N2O2/c1-10-3-2-4-11(7-10)16(22)19-9-15(21)20-12-5-6-13(17)14(18)8-12/h2-8H,9H2,1H3,(H,19,22)(H,20,21). The van der Waals surface area contributed by atoms with Crippen molar-refractivity contribution < 1.29 is 9.59 Å². The van der Waals surface area contributed by atoms with Crippen LogP contribution in [-0.2, 0) is 4.79 Å². The first-order valence-electron chi connectivity index (χ1n) is 6.55. The Kier molecular flexibility index (Phi) is 5.41.